The summed E-state index contributed by atoms with van der Waals surface area (Å²) in [4.78, 5) is 27.4. The van der Waals surface area contributed by atoms with E-state index in [9.17, 15) is 9.59 Å². The second kappa shape index (κ2) is 7.63. The lowest BCUT2D eigenvalue weighted by Gasteiger charge is -2.35. The molecular weight excluding hydrogens is 336 g/mol. The molecule has 3 rings (SSSR count). The molecule has 2 heterocycles. The third kappa shape index (κ3) is 3.99. The van der Waals surface area contributed by atoms with Crippen molar-refractivity contribution in [2.45, 2.75) is 25.9 Å². The molecule has 0 aliphatic carbocycles. The number of nitrogens with zero attached hydrogens (tertiary/aromatic N) is 2. The second-order valence-electron chi connectivity index (χ2n) is 7.21. The van der Waals surface area contributed by atoms with Gasteiger partial charge in [-0.25, -0.2) is 0 Å². The number of hydrogen-bond donors (Lipinski definition) is 1. The third-order valence-electron chi connectivity index (χ3n) is 5.08. The first-order valence-corrected chi connectivity index (χ1v) is 8.90. The Morgan fingerprint density at radius 1 is 1.31 bits per heavy atom. The highest BCUT2D eigenvalue weighted by atomic mass is 16.5. The van der Waals surface area contributed by atoms with Crippen molar-refractivity contribution in [1.29, 1.82) is 0 Å². The monoisotopic (exact) mass is 362 g/mol. The molecule has 0 spiro atoms. The van der Waals surface area contributed by atoms with Crippen molar-refractivity contribution in [2.75, 3.05) is 46.4 Å². The average Bonchev–Trinajstić information content (AvgIpc) is 2.96. The summed E-state index contributed by atoms with van der Waals surface area (Å²) in [5.74, 6) is -0.292. The van der Waals surface area contributed by atoms with E-state index < -0.39 is 5.97 Å². The number of amides is 1. The topological polar surface area (TPSA) is 79.3 Å². The summed E-state index contributed by atoms with van der Waals surface area (Å²) in [7, 11) is 1.74. The lowest BCUT2D eigenvalue weighted by molar-refractivity contribution is -0.143. The fourth-order valence-electron chi connectivity index (χ4n) is 3.57. The molecule has 7 heteroatoms. The lowest BCUT2D eigenvalue weighted by Crippen LogP contribution is -2.51. The van der Waals surface area contributed by atoms with Crippen molar-refractivity contribution in [1.82, 2.24) is 9.80 Å². The van der Waals surface area contributed by atoms with Crippen LogP contribution in [-0.4, -0.2) is 79.3 Å². The summed E-state index contributed by atoms with van der Waals surface area (Å²) in [6, 6.07) is 4.06. The highest BCUT2D eigenvalue weighted by Gasteiger charge is 2.36. The number of hydrogen-bond acceptors (Lipinski definition) is 5. The SMILES string of the molecule is Cc1cc2c(cc1C)C(C(=O)N1CCOC(CN(C)CC(=O)O)C1)CO2. The number of carboxylic acid groups (broad SMARTS) is 1. The summed E-state index contributed by atoms with van der Waals surface area (Å²) >= 11 is 0. The molecular formula is C19H26N2O5. The van der Waals surface area contributed by atoms with Crippen molar-refractivity contribution in [3.63, 3.8) is 0 Å². The maximum Gasteiger partial charge on any atom is 0.317 e. The number of likely N-dealkylation sites (N-methyl/N-ethyl adjacent to an activating group) is 1. The van der Waals surface area contributed by atoms with Gasteiger partial charge in [0.15, 0.2) is 0 Å². The van der Waals surface area contributed by atoms with Crippen LogP contribution >= 0.6 is 0 Å². The van der Waals surface area contributed by atoms with Gasteiger partial charge in [-0.2, -0.15) is 0 Å². The molecule has 0 aromatic heterocycles. The number of aliphatic carboxylic acids is 1. The van der Waals surface area contributed by atoms with E-state index in [2.05, 4.69) is 6.07 Å². The predicted octanol–water partition coefficient (Wildman–Crippen LogP) is 1.02. The molecule has 142 valence electrons. The number of ether oxygens (including phenoxy) is 2. The Bertz CT molecular complexity index is 705. The largest absolute Gasteiger partial charge is 0.492 e. The molecule has 7 nitrogen and oxygen atoms in total. The van der Waals surface area contributed by atoms with Gasteiger partial charge in [0.05, 0.1) is 19.3 Å². The van der Waals surface area contributed by atoms with Crippen molar-refractivity contribution in [3.05, 3.63) is 28.8 Å². The van der Waals surface area contributed by atoms with Gasteiger partial charge in [-0.05, 0) is 38.1 Å². The molecule has 2 aliphatic rings. The Morgan fingerprint density at radius 2 is 2.04 bits per heavy atom. The normalized spacial score (nSPS) is 22.2. The number of benzene rings is 1. The highest BCUT2D eigenvalue weighted by Crippen LogP contribution is 2.37. The fraction of sp³-hybridized carbons (Fsp3) is 0.579. The van der Waals surface area contributed by atoms with Crippen LogP contribution in [0.1, 0.15) is 22.6 Å². The number of carboxylic acids is 1. The summed E-state index contributed by atoms with van der Waals surface area (Å²) in [6.07, 6.45) is -0.182. The molecule has 0 bridgehead atoms. The standard InChI is InChI=1S/C19H26N2O5/c1-12-6-15-16(11-26-17(15)7-13(12)2)19(24)21-4-5-25-14(9-21)8-20(3)10-18(22)23/h6-7,14,16H,4-5,8-11H2,1-3H3,(H,22,23). The third-order valence-corrected chi connectivity index (χ3v) is 5.08. The Morgan fingerprint density at radius 3 is 2.77 bits per heavy atom. The predicted molar refractivity (Wildman–Crippen MR) is 95.6 cm³/mol. The fourth-order valence-corrected chi connectivity index (χ4v) is 3.57. The highest BCUT2D eigenvalue weighted by molar-refractivity contribution is 5.86. The van der Waals surface area contributed by atoms with Gasteiger partial charge in [0.1, 0.15) is 18.3 Å². The molecule has 1 amide bonds. The number of fused-ring (bicyclic) bond motifs is 1. The van der Waals surface area contributed by atoms with E-state index in [0.717, 1.165) is 22.4 Å². The van der Waals surface area contributed by atoms with Gasteiger partial charge in [0.2, 0.25) is 5.91 Å². The van der Waals surface area contributed by atoms with Crippen LogP contribution in [0.3, 0.4) is 0 Å². The quantitative estimate of drug-likeness (QED) is 0.843. The van der Waals surface area contributed by atoms with Gasteiger partial charge >= 0.3 is 5.97 Å². The molecule has 1 fully saturated rings. The number of aryl methyl sites for hydroxylation is 2. The van der Waals surface area contributed by atoms with Crippen molar-refractivity contribution in [2.24, 2.45) is 0 Å². The molecule has 2 atom stereocenters. The van der Waals surface area contributed by atoms with E-state index >= 15 is 0 Å². The van der Waals surface area contributed by atoms with E-state index in [4.69, 9.17) is 14.6 Å². The van der Waals surface area contributed by atoms with Crippen molar-refractivity contribution >= 4 is 11.9 Å². The molecule has 1 N–H and O–H groups in total. The first-order chi connectivity index (χ1) is 12.3. The molecule has 1 saturated heterocycles. The van der Waals surface area contributed by atoms with E-state index in [0.29, 0.717) is 32.8 Å². The molecule has 26 heavy (non-hydrogen) atoms. The minimum atomic E-state index is -0.874. The Labute approximate surface area is 153 Å². The molecule has 0 radical (unpaired) electrons. The first-order valence-electron chi connectivity index (χ1n) is 8.90. The maximum absolute atomic E-state index is 13.1. The Hall–Kier alpha value is -2.12. The lowest BCUT2D eigenvalue weighted by atomic mass is 9.95. The minimum absolute atomic E-state index is 0.0454. The van der Waals surface area contributed by atoms with Gasteiger partial charge in [-0.3, -0.25) is 14.5 Å². The van der Waals surface area contributed by atoms with Gasteiger partial charge < -0.3 is 19.5 Å². The number of rotatable bonds is 5. The van der Waals surface area contributed by atoms with Crippen LogP contribution in [0.25, 0.3) is 0 Å². The summed E-state index contributed by atoms with van der Waals surface area (Å²) in [5, 5.41) is 8.87. The van der Waals surface area contributed by atoms with E-state index in [1.165, 1.54) is 0 Å². The van der Waals surface area contributed by atoms with Crippen molar-refractivity contribution < 1.29 is 24.2 Å². The zero-order chi connectivity index (χ0) is 18.8. The van der Waals surface area contributed by atoms with Crippen molar-refractivity contribution in [3.8, 4) is 5.75 Å². The van der Waals surface area contributed by atoms with Gasteiger partial charge in [0.25, 0.3) is 0 Å². The smallest absolute Gasteiger partial charge is 0.317 e. The van der Waals surface area contributed by atoms with Crippen LogP contribution in [0.5, 0.6) is 5.75 Å². The Kier molecular flexibility index (Phi) is 5.48. The maximum atomic E-state index is 13.1. The Balaban J connectivity index is 1.66. The first kappa shape index (κ1) is 18.7. The van der Waals surface area contributed by atoms with Gasteiger partial charge in [0, 0.05) is 25.2 Å². The van der Waals surface area contributed by atoms with Crippen LogP contribution in [0, 0.1) is 13.8 Å². The number of morpholine rings is 1. The van der Waals surface area contributed by atoms with Gasteiger partial charge in [-0.15, -0.1) is 0 Å². The number of carbonyl (C=O) groups excluding carboxylic acids is 1. The molecule has 1 aromatic rings. The minimum Gasteiger partial charge on any atom is -0.492 e. The van der Waals surface area contributed by atoms with Crippen LogP contribution in [-0.2, 0) is 14.3 Å². The van der Waals surface area contributed by atoms with E-state index in [1.54, 1.807) is 11.9 Å². The molecule has 2 unspecified atom stereocenters. The van der Waals surface area contributed by atoms with Crippen LogP contribution in [0.15, 0.2) is 12.1 Å². The van der Waals surface area contributed by atoms with Crippen LogP contribution < -0.4 is 4.74 Å². The summed E-state index contributed by atoms with van der Waals surface area (Å²) < 4.78 is 11.5. The summed E-state index contributed by atoms with van der Waals surface area (Å²) in [6.45, 7) is 6.37. The zero-order valence-corrected chi connectivity index (χ0v) is 15.5. The van der Waals surface area contributed by atoms with Gasteiger partial charge in [-0.1, -0.05) is 6.07 Å². The van der Waals surface area contributed by atoms with Crippen LogP contribution in [0.2, 0.25) is 0 Å². The average molecular weight is 362 g/mol. The zero-order valence-electron chi connectivity index (χ0n) is 15.5. The molecule has 2 aliphatic heterocycles. The second-order valence-corrected chi connectivity index (χ2v) is 7.21. The summed E-state index contributed by atoms with van der Waals surface area (Å²) in [5.41, 5.74) is 3.27. The number of carbonyl (C=O) groups is 2. The molecule has 1 aromatic carbocycles. The van der Waals surface area contributed by atoms with Crippen LogP contribution in [0.4, 0.5) is 0 Å². The van der Waals surface area contributed by atoms with E-state index in [-0.39, 0.29) is 24.5 Å². The molecule has 0 saturated carbocycles. The van der Waals surface area contributed by atoms with E-state index in [1.807, 2.05) is 24.8 Å².